The van der Waals surface area contributed by atoms with E-state index in [1.165, 1.54) is 0 Å². The second-order valence-corrected chi connectivity index (χ2v) is 1.60. The minimum absolute atomic E-state index is 0.386. The van der Waals surface area contributed by atoms with Gasteiger partial charge in [0.05, 0.1) is 0 Å². The molecule has 0 atom stereocenters. The third kappa shape index (κ3) is 0.800. The number of amidine groups is 2. The Morgan fingerprint density at radius 3 is 2.29 bits per heavy atom. The Hall–Kier alpha value is -0.370. The summed E-state index contributed by atoms with van der Waals surface area (Å²) in [6.45, 7) is 1.99. The van der Waals surface area contributed by atoms with Crippen LogP contribution in [0.4, 0.5) is 0 Å². The largest absolute Gasteiger partial charge is 0.225 e. The third-order valence-electron chi connectivity index (χ3n) is 0.759. The average molecular weight is 117 g/mol. The first-order valence-electron chi connectivity index (χ1n) is 2.14. The Morgan fingerprint density at radius 1 is 1.57 bits per heavy atom. The fourth-order valence-electron chi connectivity index (χ4n) is 0.376. The maximum atomic E-state index is 5.28. The molecule has 0 radical (unpaired) electrons. The first-order valence-corrected chi connectivity index (χ1v) is 2.52. The fourth-order valence-corrected chi connectivity index (χ4v) is 0.571. The summed E-state index contributed by atoms with van der Waals surface area (Å²) < 4.78 is 0. The van der Waals surface area contributed by atoms with Crippen molar-refractivity contribution in [2.45, 2.75) is 13.3 Å². The number of rotatable bonds is 1. The zero-order valence-electron chi connectivity index (χ0n) is 3.98. The summed E-state index contributed by atoms with van der Waals surface area (Å²) in [4.78, 5) is 7.54. The minimum Gasteiger partial charge on any atom is -0.203 e. The number of hydrogen-bond acceptors (Lipinski definition) is 2. The van der Waals surface area contributed by atoms with Crippen LogP contribution < -0.4 is 0 Å². The molecule has 0 aromatic heterocycles. The molecule has 0 aromatic carbocycles. The lowest BCUT2D eigenvalue weighted by Gasteiger charge is -2.02. The monoisotopic (exact) mass is 116 g/mol. The molecule has 0 amide bonds. The maximum absolute atomic E-state index is 5.28. The summed E-state index contributed by atoms with van der Waals surface area (Å²) in [5, 5.41) is 0.386. The number of hydrogen-bond donors (Lipinski definition) is 0. The Balaban J connectivity index is 2.41. The average Bonchev–Trinajstić information content (AvgIpc) is 1.58. The Kier molecular flexibility index (Phi) is 1.11. The minimum atomic E-state index is 0.386. The van der Waals surface area contributed by atoms with Crippen molar-refractivity contribution in [2.75, 3.05) is 0 Å². The van der Waals surface area contributed by atoms with E-state index in [1.54, 1.807) is 0 Å². The molecule has 1 aliphatic heterocycles. The molecule has 1 heterocycles. The normalized spacial score (nSPS) is 17.4. The van der Waals surface area contributed by atoms with E-state index < -0.39 is 0 Å². The van der Waals surface area contributed by atoms with Gasteiger partial charge in [-0.1, -0.05) is 6.92 Å². The summed E-state index contributed by atoms with van der Waals surface area (Å²) in [6.07, 6.45) is 0.885. The fraction of sp³-hybridized carbons (Fsp3) is 0.500. The predicted molar refractivity (Wildman–Crippen MR) is 31.0 cm³/mol. The molecule has 0 bridgehead atoms. The number of nitrogens with zero attached hydrogens (tertiary/aromatic N) is 2. The first-order chi connectivity index (χ1) is 3.33. The van der Waals surface area contributed by atoms with Crippen LogP contribution in [-0.4, -0.2) is 11.1 Å². The number of halogens is 1. The van der Waals surface area contributed by atoms with Crippen LogP contribution in [0.5, 0.6) is 0 Å². The smallest absolute Gasteiger partial charge is 0.203 e. The van der Waals surface area contributed by atoms with Gasteiger partial charge in [-0.05, 0) is 11.6 Å². The van der Waals surface area contributed by atoms with Crippen LogP contribution in [0, 0.1) is 0 Å². The molecule has 0 unspecified atom stereocenters. The van der Waals surface area contributed by atoms with Crippen molar-refractivity contribution >= 4 is 22.7 Å². The van der Waals surface area contributed by atoms with Crippen LogP contribution >= 0.6 is 11.6 Å². The van der Waals surface area contributed by atoms with Gasteiger partial charge in [0.1, 0.15) is 5.84 Å². The molecule has 2 nitrogen and oxygen atoms in total. The van der Waals surface area contributed by atoms with Crippen LogP contribution in [-0.2, 0) is 0 Å². The highest BCUT2D eigenvalue weighted by Gasteiger charge is 2.04. The van der Waals surface area contributed by atoms with E-state index >= 15 is 0 Å². The maximum Gasteiger partial charge on any atom is 0.225 e. The van der Waals surface area contributed by atoms with Crippen LogP contribution in [0.1, 0.15) is 13.3 Å². The Morgan fingerprint density at radius 2 is 2.14 bits per heavy atom. The lowest BCUT2D eigenvalue weighted by Crippen LogP contribution is -2.06. The summed E-state index contributed by atoms with van der Waals surface area (Å²) in [7, 11) is 0. The standard InChI is InChI=1S/C4H5ClN2/c1-2-3-6-4(5)7-3/h2H2,1H3. The van der Waals surface area contributed by atoms with Gasteiger partial charge in [-0.25, -0.2) is 9.98 Å². The molecule has 3 heteroatoms. The van der Waals surface area contributed by atoms with Crippen molar-refractivity contribution in [1.29, 1.82) is 0 Å². The molecule has 0 spiro atoms. The zero-order chi connectivity index (χ0) is 5.28. The summed E-state index contributed by atoms with van der Waals surface area (Å²) in [5.41, 5.74) is 0. The van der Waals surface area contributed by atoms with Crippen LogP contribution in [0.25, 0.3) is 0 Å². The van der Waals surface area contributed by atoms with Gasteiger partial charge in [-0.2, -0.15) is 0 Å². The van der Waals surface area contributed by atoms with Crippen molar-refractivity contribution in [1.82, 2.24) is 0 Å². The van der Waals surface area contributed by atoms with E-state index in [0.29, 0.717) is 5.29 Å². The SMILES string of the molecule is CCC1=NC(Cl)=N1. The van der Waals surface area contributed by atoms with Gasteiger partial charge in [0.25, 0.3) is 0 Å². The van der Waals surface area contributed by atoms with Gasteiger partial charge in [-0.15, -0.1) is 0 Å². The lowest BCUT2D eigenvalue weighted by atomic mass is 10.4. The zero-order valence-corrected chi connectivity index (χ0v) is 4.74. The quantitative estimate of drug-likeness (QED) is 0.463. The van der Waals surface area contributed by atoms with Gasteiger partial charge in [0.2, 0.25) is 5.29 Å². The van der Waals surface area contributed by atoms with E-state index in [9.17, 15) is 0 Å². The molecule has 38 valence electrons. The topological polar surface area (TPSA) is 24.7 Å². The van der Waals surface area contributed by atoms with Crippen molar-refractivity contribution in [3.8, 4) is 0 Å². The van der Waals surface area contributed by atoms with Crippen molar-refractivity contribution in [3.63, 3.8) is 0 Å². The first kappa shape index (κ1) is 4.78. The molecule has 0 fully saturated rings. The van der Waals surface area contributed by atoms with E-state index in [1.807, 2.05) is 6.92 Å². The highest BCUT2D eigenvalue weighted by Crippen LogP contribution is 2.04. The number of aliphatic imine (C=N–C) groups is 2. The molecule has 0 N–H and O–H groups in total. The van der Waals surface area contributed by atoms with Gasteiger partial charge in [-0.3, -0.25) is 0 Å². The summed E-state index contributed by atoms with van der Waals surface area (Å²) in [5.74, 6) is 0.852. The predicted octanol–water partition coefficient (Wildman–Crippen LogP) is 1.40. The van der Waals surface area contributed by atoms with E-state index in [0.717, 1.165) is 12.3 Å². The molecule has 1 rings (SSSR count). The van der Waals surface area contributed by atoms with Crippen molar-refractivity contribution in [3.05, 3.63) is 0 Å². The molecule has 1 aliphatic rings. The van der Waals surface area contributed by atoms with Crippen LogP contribution in [0.15, 0.2) is 9.98 Å². The Labute approximate surface area is 46.9 Å². The van der Waals surface area contributed by atoms with E-state index in [4.69, 9.17) is 11.6 Å². The third-order valence-corrected chi connectivity index (χ3v) is 0.928. The second kappa shape index (κ2) is 1.62. The van der Waals surface area contributed by atoms with E-state index in [2.05, 4.69) is 9.98 Å². The second-order valence-electron chi connectivity index (χ2n) is 1.26. The van der Waals surface area contributed by atoms with Gasteiger partial charge < -0.3 is 0 Å². The summed E-state index contributed by atoms with van der Waals surface area (Å²) >= 11 is 5.28. The highest BCUT2D eigenvalue weighted by atomic mass is 35.5. The van der Waals surface area contributed by atoms with Crippen LogP contribution in [0.3, 0.4) is 0 Å². The molecule has 0 saturated heterocycles. The highest BCUT2D eigenvalue weighted by molar-refractivity contribution is 6.68. The molecule has 0 aliphatic carbocycles. The molecular formula is C4H5ClN2. The van der Waals surface area contributed by atoms with Gasteiger partial charge in [0, 0.05) is 6.42 Å². The molecule has 0 saturated carbocycles. The van der Waals surface area contributed by atoms with Crippen molar-refractivity contribution in [2.24, 2.45) is 9.98 Å². The summed E-state index contributed by atoms with van der Waals surface area (Å²) in [6, 6.07) is 0. The lowest BCUT2D eigenvalue weighted by molar-refractivity contribution is 1.22. The Bertz CT molecular complexity index is 137. The molecule has 7 heavy (non-hydrogen) atoms. The van der Waals surface area contributed by atoms with Crippen LogP contribution in [0.2, 0.25) is 0 Å². The molecule has 0 aromatic rings. The van der Waals surface area contributed by atoms with Gasteiger partial charge >= 0.3 is 0 Å². The van der Waals surface area contributed by atoms with Crippen molar-refractivity contribution < 1.29 is 0 Å². The van der Waals surface area contributed by atoms with Gasteiger partial charge in [0.15, 0.2) is 0 Å². The molecular weight excluding hydrogens is 112 g/mol. The van der Waals surface area contributed by atoms with E-state index in [-0.39, 0.29) is 0 Å².